The number of rotatable bonds is 5. The Labute approximate surface area is 124 Å². The number of nitrogens with zero attached hydrogens (tertiary/aromatic N) is 2. The van der Waals surface area contributed by atoms with E-state index in [4.69, 9.17) is 16.3 Å². The van der Waals surface area contributed by atoms with E-state index in [1.165, 1.54) is 0 Å². The van der Waals surface area contributed by atoms with Crippen molar-refractivity contribution in [3.05, 3.63) is 0 Å². The highest BCUT2D eigenvalue weighted by molar-refractivity contribution is 7.91. The maximum absolute atomic E-state index is 11.9. The fraction of sp³-hybridized carbons (Fsp3) is 0.917. The average molecular weight is 325 g/mol. The summed E-state index contributed by atoms with van der Waals surface area (Å²) in [5, 5.41) is 0. The molecule has 0 aromatic carbocycles. The number of hydrogen-bond acceptors (Lipinski definition) is 5. The van der Waals surface area contributed by atoms with Crippen LogP contribution >= 0.6 is 11.6 Å². The number of alkyl halides is 1. The van der Waals surface area contributed by atoms with Crippen molar-refractivity contribution in [2.24, 2.45) is 0 Å². The van der Waals surface area contributed by atoms with Crippen molar-refractivity contribution in [2.45, 2.75) is 12.5 Å². The van der Waals surface area contributed by atoms with Crippen LogP contribution in [0.3, 0.4) is 0 Å². The second-order valence-corrected chi connectivity index (χ2v) is 7.73. The van der Waals surface area contributed by atoms with E-state index >= 15 is 0 Å². The van der Waals surface area contributed by atoms with Crippen LogP contribution in [0.5, 0.6) is 0 Å². The smallest absolute Gasteiger partial charge is 0.237 e. The van der Waals surface area contributed by atoms with Crippen LogP contribution in [-0.2, 0) is 19.4 Å². The SMILES string of the molecule is O=C(CCl)N(CCN1CCOCC1)C1CCS(=O)(=O)C1. The molecule has 0 N–H and O–H groups in total. The molecule has 0 aromatic rings. The summed E-state index contributed by atoms with van der Waals surface area (Å²) in [6, 6.07) is -0.215. The van der Waals surface area contributed by atoms with Gasteiger partial charge in [-0.2, -0.15) is 0 Å². The predicted octanol–water partition coefficient (Wildman–Crippen LogP) is -0.427. The molecule has 2 aliphatic rings. The summed E-state index contributed by atoms with van der Waals surface area (Å²) >= 11 is 5.64. The molecule has 2 aliphatic heterocycles. The highest BCUT2D eigenvalue weighted by Gasteiger charge is 2.34. The molecule has 20 heavy (non-hydrogen) atoms. The molecule has 8 heteroatoms. The van der Waals surface area contributed by atoms with Gasteiger partial charge in [-0.1, -0.05) is 0 Å². The number of morpholine rings is 1. The molecule has 0 radical (unpaired) electrons. The van der Waals surface area contributed by atoms with E-state index in [0.29, 0.717) is 26.2 Å². The summed E-state index contributed by atoms with van der Waals surface area (Å²) in [4.78, 5) is 15.8. The van der Waals surface area contributed by atoms with Crippen LogP contribution in [0.15, 0.2) is 0 Å². The Bertz CT molecular complexity index is 437. The molecule has 2 heterocycles. The summed E-state index contributed by atoms with van der Waals surface area (Å²) in [6.07, 6.45) is 0.522. The van der Waals surface area contributed by atoms with Crippen molar-refractivity contribution < 1.29 is 17.9 Å². The lowest BCUT2D eigenvalue weighted by atomic mass is 10.2. The molecule has 116 valence electrons. The van der Waals surface area contributed by atoms with Gasteiger partial charge in [-0.15, -0.1) is 11.6 Å². The molecule has 2 saturated heterocycles. The molecular formula is C12H21ClN2O4S. The monoisotopic (exact) mass is 324 g/mol. The van der Waals surface area contributed by atoms with Crippen LogP contribution in [0.1, 0.15) is 6.42 Å². The molecule has 0 aromatic heterocycles. The average Bonchev–Trinajstić information content (AvgIpc) is 2.80. The number of sulfone groups is 1. The maximum atomic E-state index is 11.9. The zero-order valence-corrected chi connectivity index (χ0v) is 13.0. The van der Waals surface area contributed by atoms with E-state index in [2.05, 4.69) is 4.90 Å². The van der Waals surface area contributed by atoms with Crippen LogP contribution in [0, 0.1) is 0 Å². The zero-order valence-electron chi connectivity index (χ0n) is 11.5. The molecule has 0 saturated carbocycles. The third-order valence-electron chi connectivity index (χ3n) is 3.84. The molecule has 1 unspecified atom stereocenters. The minimum atomic E-state index is -3.00. The second kappa shape index (κ2) is 7.06. The van der Waals surface area contributed by atoms with E-state index in [9.17, 15) is 13.2 Å². The maximum Gasteiger partial charge on any atom is 0.237 e. The van der Waals surface area contributed by atoms with Gasteiger partial charge in [-0.05, 0) is 6.42 Å². The number of hydrogen-bond donors (Lipinski definition) is 0. The number of halogens is 1. The van der Waals surface area contributed by atoms with Gasteiger partial charge in [0.05, 0.1) is 24.7 Å². The van der Waals surface area contributed by atoms with Gasteiger partial charge >= 0.3 is 0 Å². The Morgan fingerprint density at radius 3 is 2.60 bits per heavy atom. The Hall–Kier alpha value is -0.370. The van der Waals surface area contributed by atoms with Crippen molar-refractivity contribution in [1.82, 2.24) is 9.80 Å². The fourth-order valence-corrected chi connectivity index (χ4v) is 4.57. The fourth-order valence-electron chi connectivity index (χ4n) is 2.68. The van der Waals surface area contributed by atoms with E-state index < -0.39 is 9.84 Å². The van der Waals surface area contributed by atoms with E-state index in [1.807, 2.05) is 0 Å². The summed E-state index contributed by atoms with van der Waals surface area (Å²) in [6.45, 7) is 4.40. The molecule has 1 atom stereocenters. The van der Waals surface area contributed by atoms with E-state index in [0.717, 1.165) is 19.6 Å². The largest absolute Gasteiger partial charge is 0.379 e. The number of carbonyl (C=O) groups is 1. The molecule has 2 rings (SSSR count). The lowest BCUT2D eigenvalue weighted by Crippen LogP contribution is -2.47. The van der Waals surface area contributed by atoms with Crippen molar-refractivity contribution in [2.75, 3.05) is 56.8 Å². The van der Waals surface area contributed by atoms with Crippen molar-refractivity contribution in [3.8, 4) is 0 Å². The van der Waals surface area contributed by atoms with Crippen LogP contribution in [0.25, 0.3) is 0 Å². The van der Waals surface area contributed by atoms with Gasteiger partial charge in [0.25, 0.3) is 0 Å². The predicted molar refractivity (Wildman–Crippen MR) is 76.8 cm³/mol. The highest BCUT2D eigenvalue weighted by atomic mass is 35.5. The third kappa shape index (κ3) is 4.31. The van der Waals surface area contributed by atoms with Gasteiger partial charge < -0.3 is 9.64 Å². The first-order valence-corrected chi connectivity index (χ1v) is 9.23. The van der Waals surface area contributed by atoms with Gasteiger partial charge in [-0.25, -0.2) is 8.42 Å². The van der Waals surface area contributed by atoms with Crippen LogP contribution < -0.4 is 0 Å². The first-order chi connectivity index (χ1) is 9.52. The molecule has 0 aliphatic carbocycles. The van der Waals surface area contributed by atoms with Gasteiger partial charge in [0.1, 0.15) is 5.88 Å². The number of carbonyl (C=O) groups excluding carboxylic acids is 1. The summed E-state index contributed by atoms with van der Waals surface area (Å²) in [5.41, 5.74) is 0. The zero-order chi connectivity index (χ0) is 14.6. The first-order valence-electron chi connectivity index (χ1n) is 6.88. The standard InChI is InChI=1S/C12H21ClN2O4S/c13-9-12(16)15(11-1-8-20(17,18)10-11)3-2-14-4-6-19-7-5-14/h11H,1-10H2. The lowest BCUT2D eigenvalue weighted by molar-refractivity contribution is -0.130. The third-order valence-corrected chi connectivity index (χ3v) is 5.82. The lowest BCUT2D eigenvalue weighted by Gasteiger charge is -2.32. The van der Waals surface area contributed by atoms with E-state index in [1.54, 1.807) is 4.90 Å². The molecule has 1 amide bonds. The minimum Gasteiger partial charge on any atom is -0.379 e. The summed E-state index contributed by atoms with van der Waals surface area (Å²) in [7, 11) is -3.00. The molecular weight excluding hydrogens is 304 g/mol. The molecule has 6 nitrogen and oxygen atoms in total. The minimum absolute atomic E-state index is 0.0682. The van der Waals surface area contributed by atoms with E-state index in [-0.39, 0.29) is 29.3 Å². The van der Waals surface area contributed by atoms with Gasteiger partial charge in [0.2, 0.25) is 5.91 Å². The molecule has 0 bridgehead atoms. The normalized spacial score (nSPS) is 26.6. The Morgan fingerprint density at radius 2 is 2.05 bits per heavy atom. The number of ether oxygens (including phenoxy) is 1. The molecule has 0 spiro atoms. The van der Waals surface area contributed by atoms with Crippen LogP contribution in [0.2, 0.25) is 0 Å². The summed E-state index contributed by atoms with van der Waals surface area (Å²) < 4.78 is 28.4. The van der Waals surface area contributed by atoms with Gasteiger partial charge in [0.15, 0.2) is 9.84 Å². The topological polar surface area (TPSA) is 66.9 Å². The first kappa shape index (κ1) is 16.0. The Kier molecular flexibility index (Phi) is 5.65. The van der Waals surface area contributed by atoms with Crippen LogP contribution in [-0.4, -0.2) is 86.9 Å². The summed E-state index contributed by atoms with van der Waals surface area (Å²) in [5.74, 6) is -0.0401. The Morgan fingerprint density at radius 1 is 1.35 bits per heavy atom. The second-order valence-electron chi connectivity index (χ2n) is 5.23. The van der Waals surface area contributed by atoms with Crippen molar-refractivity contribution in [3.63, 3.8) is 0 Å². The van der Waals surface area contributed by atoms with Gasteiger partial charge in [-0.3, -0.25) is 9.69 Å². The van der Waals surface area contributed by atoms with Crippen molar-refractivity contribution in [1.29, 1.82) is 0 Å². The van der Waals surface area contributed by atoms with Crippen LogP contribution in [0.4, 0.5) is 0 Å². The highest BCUT2D eigenvalue weighted by Crippen LogP contribution is 2.18. The number of amides is 1. The van der Waals surface area contributed by atoms with Gasteiger partial charge in [0, 0.05) is 32.2 Å². The quantitative estimate of drug-likeness (QED) is 0.642. The van der Waals surface area contributed by atoms with Crippen molar-refractivity contribution >= 4 is 27.3 Å². The Balaban J connectivity index is 1.92. The molecule has 2 fully saturated rings.